The van der Waals surface area contributed by atoms with E-state index >= 15 is 0 Å². The van der Waals surface area contributed by atoms with Crippen molar-refractivity contribution in [2.75, 3.05) is 5.32 Å². The average Bonchev–Trinajstić information content (AvgIpc) is 3.42. The number of nitrogens with one attached hydrogen (secondary N) is 4. The second kappa shape index (κ2) is 7.73. The Morgan fingerprint density at radius 1 is 0.759 bits per heavy atom. The van der Waals surface area contributed by atoms with Crippen molar-refractivity contribution in [1.82, 2.24) is 15.8 Å². The van der Waals surface area contributed by atoms with Gasteiger partial charge in [0.1, 0.15) is 0 Å². The van der Waals surface area contributed by atoms with E-state index in [4.69, 9.17) is 4.42 Å². The zero-order valence-corrected chi connectivity index (χ0v) is 15.1. The summed E-state index contributed by atoms with van der Waals surface area (Å²) in [5.41, 5.74) is 6.46. The van der Waals surface area contributed by atoms with Gasteiger partial charge in [-0.25, -0.2) is 0 Å². The second-order valence-corrected chi connectivity index (χ2v) is 6.13. The molecule has 0 unspecified atom stereocenters. The van der Waals surface area contributed by atoms with Crippen LogP contribution in [0.1, 0.15) is 31.3 Å². The number of H-pyrrole nitrogens is 1. The highest BCUT2D eigenvalue weighted by Gasteiger charge is 2.17. The van der Waals surface area contributed by atoms with Crippen LogP contribution < -0.4 is 16.2 Å². The van der Waals surface area contributed by atoms with Crippen LogP contribution >= 0.6 is 0 Å². The summed E-state index contributed by atoms with van der Waals surface area (Å²) in [5, 5.41) is 3.36. The first kappa shape index (κ1) is 18.1. The quantitative estimate of drug-likeness (QED) is 0.402. The molecule has 4 N–H and O–H groups in total. The fourth-order valence-electron chi connectivity index (χ4n) is 2.89. The van der Waals surface area contributed by atoms with Gasteiger partial charge in [-0.3, -0.25) is 25.2 Å². The van der Waals surface area contributed by atoms with Crippen LogP contribution in [-0.4, -0.2) is 22.7 Å². The van der Waals surface area contributed by atoms with Crippen molar-refractivity contribution in [3.63, 3.8) is 0 Å². The van der Waals surface area contributed by atoms with Crippen LogP contribution in [0, 0.1) is 0 Å². The van der Waals surface area contributed by atoms with Crippen LogP contribution in [-0.2, 0) is 0 Å². The third-order valence-electron chi connectivity index (χ3n) is 4.29. The minimum Gasteiger partial charge on any atom is -0.459 e. The van der Waals surface area contributed by atoms with Crippen LogP contribution in [0.3, 0.4) is 0 Å². The van der Waals surface area contributed by atoms with Gasteiger partial charge in [0.15, 0.2) is 5.76 Å². The molecule has 0 spiro atoms. The molecule has 0 aliphatic carbocycles. The number of para-hydroxylation sites is 2. The summed E-state index contributed by atoms with van der Waals surface area (Å²) in [6, 6.07) is 16.9. The third kappa shape index (κ3) is 3.72. The van der Waals surface area contributed by atoms with Gasteiger partial charge in [-0.2, -0.15) is 0 Å². The number of hydrazine groups is 1. The van der Waals surface area contributed by atoms with E-state index in [1.54, 1.807) is 30.5 Å². The topological polar surface area (TPSA) is 116 Å². The SMILES string of the molecule is O=C(Nc1ccccc1C(=O)NNC(=O)c1c[nH]c2ccccc12)c1ccco1. The first-order chi connectivity index (χ1) is 14.1. The van der Waals surface area contributed by atoms with E-state index < -0.39 is 17.7 Å². The predicted octanol–water partition coefficient (Wildman–Crippen LogP) is 3.09. The van der Waals surface area contributed by atoms with E-state index in [1.807, 2.05) is 24.3 Å². The van der Waals surface area contributed by atoms with E-state index in [1.165, 1.54) is 18.4 Å². The summed E-state index contributed by atoms with van der Waals surface area (Å²) < 4.78 is 5.05. The maximum absolute atomic E-state index is 12.6. The summed E-state index contributed by atoms with van der Waals surface area (Å²) in [6.07, 6.45) is 2.96. The van der Waals surface area contributed by atoms with Gasteiger partial charge in [-0.05, 0) is 30.3 Å². The largest absolute Gasteiger partial charge is 0.459 e. The highest BCUT2D eigenvalue weighted by molar-refractivity contribution is 6.10. The number of benzene rings is 2. The molecule has 2 aromatic carbocycles. The van der Waals surface area contributed by atoms with E-state index in [0.717, 1.165) is 10.9 Å². The van der Waals surface area contributed by atoms with Gasteiger partial charge in [0, 0.05) is 17.1 Å². The molecule has 0 radical (unpaired) electrons. The van der Waals surface area contributed by atoms with Crippen molar-refractivity contribution in [2.45, 2.75) is 0 Å². The third-order valence-corrected chi connectivity index (χ3v) is 4.29. The number of amides is 3. The number of rotatable bonds is 4. The van der Waals surface area contributed by atoms with Gasteiger partial charge in [-0.15, -0.1) is 0 Å². The molecule has 0 aliphatic rings. The molecule has 0 atom stereocenters. The first-order valence-corrected chi connectivity index (χ1v) is 8.74. The van der Waals surface area contributed by atoms with Crippen molar-refractivity contribution in [1.29, 1.82) is 0 Å². The van der Waals surface area contributed by atoms with Gasteiger partial charge >= 0.3 is 0 Å². The van der Waals surface area contributed by atoms with E-state index in [9.17, 15) is 14.4 Å². The summed E-state index contributed by atoms with van der Waals surface area (Å²) in [5.74, 6) is -1.41. The zero-order chi connectivity index (χ0) is 20.2. The van der Waals surface area contributed by atoms with Crippen molar-refractivity contribution in [2.24, 2.45) is 0 Å². The zero-order valence-electron chi connectivity index (χ0n) is 15.1. The van der Waals surface area contributed by atoms with Crippen molar-refractivity contribution < 1.29 is 18.8 Å². The molecule has 0 bridgehead atoms. The summed E-state index contributed by atoms with van der Waals surface area (Å²) in [7, 11) is 0. The van der Waals surface area contributed by atoms with Crippen LogP contribution in [0.25, 0.3) is 10.9 Å². The van der Waals surface area contributed by atoms with E-state index in [2.05, 4.69) is 21.2 Å². The Morgan fingerprint density at radius 3 is 2.28 bits per heavy atom. The monoisotopic (exact) mass is 388 g/mol. The lowest BCUT2D eigenvalue weighted by atomic mass is 10.1. The van der Waals surface area contributed by atoms with E-state index in [0.29, 0.717) is 5.56 Å². The van der Waals surface area contributed by atoms with E-state index in [-0.39, 0.29) is 17.0 Å². The summed E-state index contributed by atoms with van der Waals surface area (Å²) in [6.45, 7) is 0. The number of furan rings is 1. The fraction of sp³-hybridized carbons (Fsp3) is 0. The van der Waals surface area contributed by atoms with Crippen LogP contribution in [0.5, 0.6) is 0 Å². The molecule has 0 saturated heterocycles. The van der Waals surface area contributed by atoms with Gasteiger partial charge in [0.25, 0.3) is 17.7 Å². The number of carbonyl (C=O) groups is 3. The molecular weight excluding hydrogens is 372 g/mol. The van der Waals surface area contributed by atoms with Crippen molar-refractivity contribution in [3.8, 4) is 0 Å². The van der Waals surface area contributed by atoms with Gasteiger partial charge in [0.05, 0.1) is 23.1 Å². The Hall–Kier alpha value is -4.33. The molecule has 8 heteroatoms. The lowest BCUT2D eigenvalue weighted by molar-refractivity contribution is 0.0848. The van der Waals surface area contributed by atoms with Crippen molar-refractivity contribution >= 4 is 34.3 Å². The minimum atomic E-state index is -0.575. The molecule has 3 amide bonds. The highest BCUT2D eigenvalue weighted by atomic mass is 16.3. The van der Waals surface area contributed by atoms with Gasteiger partial charge in [-0.1, -0.05) is 30.3 Å². The fourth-order valence-corrected chi connectivity index (χ4v) is 2.89. The van der Waals surface area contributed by atoms with Gasteiger partial charge < -0.3 is 14.7 Å². The van der Waals surface area contributed by atoms with Crippen LogP contribution in [0.15, 0.2) is 77.5 Å². The molecule has 4 aromatic rings. The number of aromatic amines is 1. The highest BCUT2D eigenvalue weighted by Crippen LogP contribution is 2.18. The number of hydrogen-bond acceptors (Lipinski definition) is 4. The van der Waals surface area contributed by atoms with Crippen molar-refractivity contribution in [3.05, 3.63) is 90.0 Å². The van der Waals surface area contributed by atoms with Crippen LogP contribution in [0.2, 0.25) is 0 Å². The smallest absolute Gasteiger partial charge is 0.291 e. The molecule has 8 nitrogen and oxygen atoms in total. The Bertz CT molecular complexity index is 1190. The molecule has 2 heterocycles. The number of hydrogen-bond donors (Lipinski definition) is 4. The lowest BCUT2D eigenvalue weighted by Crippen LogP contribution is -2.41. The lowest BCUT2D eigenvalue weighted by Gasteiger charge is -2.11. The Kier molecular flexibility index (Phi) is 4.81. The molecule has 29 heavy (non-hydrogen) atoms. The molecule has 0 fully saturated rings. The van der Waals surface area contributed by atoms with Crippen LogP contribution in [0.4, 0.5) is 5.69 Å². The predicted molar refractivity (Wildman–Crippen MR) is 106 cm³/mol. The molecular formula is C21H16N4O4. The Balaban J connectivity index is 1.46. The average molecular weight is 388 g/mol. The summed E-state index contributed by atoms with van der Waals surface area (Å²) >= 11 is 0. The Labute approximate surface area is 164 Å². The Morgan fingerprint density at radius 2 is 1.48 bits per heavy atom. The maximum Gasteiger partial charge on any atom is 0.291 e. The number of aromatic nitrogens is 1. The number of carbonyl (C=O) groups excluding carboxylic acids is 3. The molecule has 0 saturated carbocycles. The second-order valence-electron chi connectivity index (χ2n) is 6.13. The number of fused-ring (bicyclic) bond motifs is 1. The number of anilines is 1. The maximum atomic E-state index is 12.6. The minimum absolute atomic E-state index is 0.118. The first-order valence-electron chi connectivity index (χ1n) is 8.74. The summed E-state index contributed by atoms with van der Waals surface area (Å²) in [4.78, 5) is 40.2. The van der Waals surface area contributed by atoms with Gasteiger partial charge in [0.2, 0.25) is 0 Å². The normalized spacial score (nSPS) is 10.5. The molecule has 4 rings (SSSR count). The molecule has 2 aromatic heterocycles. The molecule has 144 valence electrons. The standard InChI is InChI=1S/C21H16N4O4/c26-19(24-25-20(27)15-12-22-16-8-3-1-6-13(15)16)14-7-2-4-9-17(14)23-21(28)18-10-5-11-29-18/h1-12,22H,(H,23,28)(H,24,26)(H,25,27). The molecule has 0 aliphatic heterocycles.